The predicted octanol–water partition coefficient (Wildman–Crippen LogP) is 3.55. The molecule has 0 saturated carbocycles. The van der Waals surface area contributed by atoms with Crippen molar-refractivity contribution in [2.75, 3.05) is 20.0 Å². The molecule has 3 nitrogen and oxygen atoms in total. The first-order valence-corrected chi connectivity index (χ1v) is 6.86. The van der Waals surface area contributed by atoms with Gasteiger partial charge in [-0.05, 0) is 43.4 Å². The zero-order valence-electron chi connectivity index (χ0n) is 11.1. The Labute approximate surface area is 109 Å². The smallest absolute Gasteiger partial charge is 0.231 e. The van der Waals surface area contributed by atoms with Crippen LogP contribution in [-0.2, 0) is 11.2 Å². The van der Waals surface area contributed by atoms with Gasteiger partial charge in [0.1, 0.15) is 0 Å². The minimum absolute atomic E-state index is 0.351. The van der Waals surface area contributed by atoms with Crippen LogP contribution in [-0.4, -0.2) is 20.0 Å². The summed E-state index contributed by atoms with van der Waals surface area (Å²) in [5.41, 5.74) is 1.31. The van der Waals surface area contributed by atoms with Gasteiger partial charge in [-0.2, -0.15) is 0 Å². The summed E-state index contributed by atoms with van der Waals surface area (Å²) in [5, 5.41) is 0. The molecule has 1 aliphatic heterocycles. The molecule has 0 aliphatic carbocycles. The van der Waals surface area contributed by atoms with E-state index in [0.29, 0.717) is 6.79 Å². The summed E-state index contributed by atoms with van der Waals surface area (Å²) in [7, 11) is 0. The monoisotopic (exact) mass is 250 g/mol. The normalized spacial score (nSPS) is 12.9. The lowest BCUT2D eigenvalue weighted by molar-refractivity contribution is 0.127. The highest BCUT2D eigenvalue weighted by molar-refractivity contribution is 5.44. The third kappa shape index (κ3) is 3.91. The molecular weight excluding hydrogens is 228 g/mol. The summed E-state index contributed by atoms with van der Waals surface area (Å²) in [4.78, 5) is 0. The lowest BCUT2D eigenvalue weighted by Gasteiger charge is -2.04. The van der Waals surface area contributed by atoms with Crippen LogP contribution < -0.4 is 9.47 Å². The van der Waals surface area contributed by atoms with Gasteiger partial charge in [0, 0.05) is 13.2 Å². The number of benzene rings is 1. The van der Waals surface area contributed by atoms with Crippen molar-refractivity contribution in [1.29, 1.82) is 0 Å². The standard InChI is InChI=1S/C15H22O3/c1-2-3-9-16-10-5-4-6-13-7-8-14-15(11-13)18-12-17-14/h7-8,11H,2-6,9-10,12H2,1H3. The van der Waals surface area contributed by atoms with Crippen molar-refractivity contribution in [3.63, 3.8) is 0 Å². The van der Waals surface area contributed by atoms with E-state index in [1.165, 1.54) is 18.4 Å². The van der Waals surface area contributed by atoms with Crippen molar-refractivity contribution >= 4 is 0 Å². The highest BCUT2D eigenvalue weighted by Gasteiger charge is 2.12. The van der Waals surface area contributed by atoms with E-state index in [2.05, 4.69) is 19.1 Å². The Balaban J connectivity index is 1.62. The van der Waals surface area contributed by atoms with Gasteiger partial charge < -0.3 is 14.2 Å². The summed E-state index contributed by atoms with van der Waals surface area (Å²) in [6.07, 6.45) is 5.73. The molecule has 3 heteroatoms. The molecule has 0 bridgehead atoms. The molecule has 0 aromatic heterocycles. The van der Waals surface area contributed by atoms with Crippen LogP contribution in [0.3, 0.4) is 0 Å². The van der Waals surface area contributed by atoms with Gasteiger partial charge in [-0.1, -0.05) is 19.4 Å². The zero-order chi connectivity index (χ0) is 12.6. The largest absolute Gasteiger partial charge is 0.454 e. The Bertz CT molecular complexity index is 363. The number of hydrogen-bond donors (Lipinski definition) is 0. The molecule has 0 radical (unpaired) electrons. The van der Waals surface area contributed by atoms with Gasteiger partial charge in [0.05, 0.1) is 0 Å². The van der Waals surface area contributed by atoms with E-state index in [9.17, 15) is 0 Å². The van der Waals surface area contributed by atoms with Crippen LogP contribution in [0.1, 0.15) is 38.2 Å². The van der Waals surface area contributed by atoms with Crippen molar-refractivity contribution in [3.05, 3.63) is 23.8 Å². The van der Waals surface area contributed by atoms with E-state index in [0.717, 1.165) is 44.0 Å². The minimum atomic E-state index is 0.351. The molecule has 0 spiro atoms. The average Bonchev–Trinajstić information content (AvgIpc) is 2.85. The number of hydrogen-bond acceptors (Lipinski definition) is 3. The Hall–Kier alpha value is -1.22. The van der Waals surface area contributed by atoms with E-state index in [4.69, 9.17) is 14.2 Å². The molecule has 100 valence electrons. The predicted molar refractivity (Wildman–Crippen MR) is 71.2 cm³/mol. The number of aryl methyl sites for hydroxylation is 1. The molecule has 1 aromatic rings. The molecule has 0 fully saturated rings. The average molecular weight is 250 g/mol. The van der Waals surface area contributed by atoms with Gasteiger partial charge in [-0.3, -0.25) is 0 Å². The van der Waals surface area contributed by atoms with Gasteiger partial charge in [0.25, 0.3) is 0 Å². The minimum Gasteiger partial charge on any atom is -0.454 e. The summed E-state index contributed by atoms with van der Waals surface area (Å²) in [6.45, 7) is 4.32. The van der Waals surface area contributed by atoms with E-state index < -0.39 is 0 Å². The lowest BCUT2D eigenvalue weighted by Crippen LogP contribution is -1.97. The second kappa shape index (κ2) is 7.27. The lowest BCUT2D eigenvalue weighted by atomic mass is 10.1. The van der Waals surface area contributed by atoms with Crippen molar-refractivity contribution in [3.8, 4) is 11.5 Å². The fraction of sp³-hybridized carbons (Fsp3) is 0.600. The second-order valence-corrected chi connectivity index (χ2v) is 4.61. The molecule has 0 N–H and O–H groups in total. The van der Waals surface area contributed by atoms with Crippen LogP contribution in [0, 0.1) is 0 Å². The van der Waals surface area contributed by atoms with Crippen LogP contribution in [0.25, 0.3) is 0 Å². The van der Waals surface area contributed by atoms with Crippen molar-refractivity contribution in [1.82, 2.24) is 0 Å². The number of fused-ring (bicyclic) bond motifs is 1. The molecule has 1 aromatic carbocycles. The topological polar surface area (TPSA) is 27.7 Å². The summed E-state index contributed by atoms with van der Waals surface area (Å²) in [6, 6.07) is 6.20. The molecule has 1 aliphatic rings. The van der Waals surface area contributed by atoms with Crippen LogP contribution in [0.5, 0.6) is 11.5 Å². The quantitative estimate of drug-likeness (QED) is 0.660. The van der Waals surface area contributed by atoms with Crippen LogP contribution in [0.15, 0.2) is 18.2 Å². The van der Waals surface area contributed by atoms with Gasteiger partial charge in [0.2, 0.25) is 6.79 Å². The highest BCUT2D eigenvalue weighted by atomic mass is 16.7. The summed E-state index contributed by atoms with van der Waals surface area (Å²) in [5.74, 6) is 1.74. The maximum atomic E-state index is 5.54. The second-order valence-electron chi connectivity index (χ2n) is 4.61. The van der Waals surface area contributed by atoms with Crippen LogP contribution in [0.4, 0.5) is 0 Å². The third-order valence-electron chi connectivity index (χ3n) is 3.08. The molecule has 18 heavy (non-hydrogen) atoms. The Kier molecular flexibility index (Phi) is 5.34. The first-order chi connectivity index (χ1) is 8.90. The zero-order valence-corrected chi connectivity index (χ0v) is 11.1. The van der Waals surface area contributed by atoms with Crippen molar-refractivity contribution in [2.24, 2.45) is 0 Å². The first kappa shape index (κ1) is 13.2. The third-order valence-corrected chi connectivity index (χ3v) is 3.08. The summed E-state index contributed by atoms with van der Waals surface area (Å²) < 4.78 is 16.2. The molecule has 0 atom stereocenters. The van der Waals surface area contributed by atoms with E-state index in [1.54, 1.807) is 0 Å². The molecule has 0 saturated heterocycles. The van der Waals surface area contributed by atoms with Gasteiger partial charge in [-0.25, -0.2) is 0 Å². The molecule has 0 unspecified atom stereocenters. The SMILES string of the molecule is CCCCOCCCCc1ccc2c(c1)OCO2. The van der Waals surface area contributed by atoms with Crippen LogP contribution in [0.2, 0.25) is 0 Å². The maximum Gasteiger partial charge on any atom is 0.231 e. The Morgan fingerprint density at radius 3 is 2.78 bits per heavy atom. The van der Waals surface area contributed by atoms with E-state index in [1.807, 2.05) is 6.07 Å². The molecule has 2 rings (SSSR count). The van der Waals surface area contributed by atoms with E-state index in [-0.39, 0.29) is 0 Å². The van der Waals surface area contributed by atoms with Gasteiger partial charge in [-0.15, -0.1) is 0 Å². The Morgan fingerprint density at radius 1 is 1.06 bits per heavy atom. The highest BCUT2D eigenvalue weighted by Crippen LogP contribution is 2.32. The van der Waals surface area contributed by atoms with Crippen molar-refractivity contribution in [2.45, 2.75) is 39.0 Å². The fourth-order valence-electron chi connectivity index (χ4n) is 1.98. The number of rotatable bonds is 8. The van der Waals surface area contributed by atoms with Gasteiger partial charge >= 0.3 is 0 Å². The van der Waals surface area contributed by atoms with Gasteiger partial charge in [0.15, 0.2) is 11.5 Å². The van der Waals surface area contributed by atoms with Crippen molar-refractivity contribution < 1.29 is 14.2 Å². The molecule has 1 heterocycles. The first-order valence-electron chi connectivity index (χ1n) is 6.86. The van der Waals surface area contributed by atoms with E-state index >= 15 is 0 Å². The number of ether oxygens (including phenoxy) is 3. The maximum absolute atomic E-state index is 5.54. The number of unbranched alkanes of at least 4 members (excludes halogenated alkanes) is 2. The summed E-state index contributed by atoms with van der Waals surface area (Å²) >= 11 is 0. The molecule has 0 amide bonds. The molecular formula is C15H22O3. The fourth-order valence-corrected chi connectivity index (χ4v) is 1.98. The Morgan fingerprint density at radius 2 is 1.89 bits per heavy atom. The van der Waals surface area contributed by atoms with Crippen LogP contribution >= 0.6 is 0 Å².